The van der Waals surface area contributed by atoms with Crippen LogP contribution >= 0.6 is 11.3 Å². The summed E-state index contributed by atoms with van der Waals surface area (Å²) in [5.41, 5.74) is 2.21. The van der Waals surface area contributed by atoms with Gasteiger partial charge in [-0.2, -0.15) is 0 Å². The summed E-state index contributed by atoms with van der Waals surface area (Å²) in [5.74, 6) is 0.338. The molecule has 106 valence electrons. The largest absolute Gasteiger partial charge is 0.324 e. The molecule has 6 heteroatoms. The maximum Gasteiger partial charge on any atom is 0.280 e. The van der Waals surface area contributed by atoms with E-state index in [9.17, 15) is 4.79 Å². The minimum Gasteiger partial charge on any atom is -0.324 e. The molecule has 5 nitrogen and oxygen atoms in total. The lowest BCUT2D eigenvalue weighted by Gasteiger charge is -2.05. The number of anilines is 2. The van der Waals surface area contributed by atoms with Crippen molar-refractivity contribution in [1.29, 1.82) is 0 Å². The van der Waals surface area contributed by atoms with E-state index in [0.717, 1.165) is 17.0 Å². The van der Waals surface area contributed by atoms with Crippen LogP contribution in [0, 0.1) is 0 Å². The second kappa shape index (κ2) is 5.88. The van der Waals surface area contributed by atoms with Gasteiger partial charge in [0.05, 0.1) is 4.88 Å². The number of nitrogens with zero attached hydrogens (tertiary/aromatic N) is 2. The minimum absolute atomic E-state index is 0.250. The number of aromatic nitrogens is 3. The molecule has 0 saturated carbocycles. The molecule has 3 aromatic rings. The number of hydrogen-bond donors (Lipinski definition) is 2. The smallest absolute Gasteiger partial charge is 0.280 e. The van der Waals surface area contributed by atoms with E-state index in [1.54, 1.807) is 0 Å². The standard InChI is InChI=1S/C15H14N4OS/c1-2-10-5-7-11(8-6-10)16-15-17-14(20)13(18-19-15)12-4-3-9-21-12/h3-9H,2H2,1H3,(H2,16,17,19,20). The third-order valence-corrected chi connectivity index (χ3v) is 3.95. The summed E-state index contributed by atoms with van der Waals surface area (Å²) in [6, 6.07) is 11.7. The third kappa shape index (κ3) is 3.00. The zero-order valence-electron chi connectivity index (χ0n) is 11.5. The van der Waals surface area contributed by atoms with Crippen molar-refractivity contribution >= 4 is 23.0 Å². The van der Waals surface area contributed by atoms with Crippen molar-refractivity contribution in [2.24, 2.45) is 0 Å². The Hall–Kier alpha value is -2.47. The number of rotatable bonds is 4. The van der Waals surface area contributed by atoms with Crippen molar-refractivity contribution in [3.63, 3.8) is 0 Å². The Balaban J connectivity index is 1.83. The summed E-state index contributed by atoms with van der Waals surface area (Å²) in [6.07, 6.45) is 0.992. The van der Waals surface area contributed by atoms with E-state index < -0.39 is 0 Å². The molecule has 0 atom stereocenters. The molecule has 0 amide bonds. The summed E-state index contributed by atoms with van der Waals surface area (Å²) < 4.78 is 0. The van der Waals surface area contributed by atoms with Gasteiger partial charge in [-0.05, 0) is 35.6 Å². The molecule has 0 aliphatic heterocycles. The van der Waals surface area contributed by atoms with E-state index in [1.165, 1.54) is 16.9 Å². The van der Waals surface area contributed by atoms with Gasteiger partial charge in [-0.3, -0.25) is 9.78 Å². The summed E-state index contributed by atoms with van der Waals surface area (Å²) in [5, 5.41) is 13.0. The van der Waals surface area contributed by atoms with Crippen molar-refractivity contribution in [3.05, 3.63) is 57.7 Å². The Morgan fingerprint density at radius 1 is 1.19 bits per heavy atom. The topological polar surface area (TPSA) is 70.7 Å². The average molecular weight is 298 g/mol. The Morgan fingerprint density at radius 3 is 2.62 bits per heavy atom. The van der Waals surface area contributed by atoms with Crippen molar-refractivity contribution in [2.75, 3.05) is 5.32 Å². The highest BCUT2D eigenvalue weighted by Gasteiger charge is 2.08. The van der Waals surface area contributed by atoms with Gasteiger partial charge in [-0.1, -0.05) is 25.1 Å². The van der Waals surface area contributed by atoms with Crippen molar-refractivity contribution in [2.45, 2.75) is 13.3 Å². The number of H-pyrrole nitrogens is 1. The van der Waals surface area contributed by atoms with Crippen LogP contribution in [-0.4, -0.2) is 15.2 Å². The van der Waals surface area contributed by atoms with Gasteiger partial charge >= 0.3 is 0 Å². The lowest BCUT2D eigenvalue weighted by molar-refractivity contribution is 0.964. The number of benzene rings is 1. The molecule has 3 rings (SSSR count). The third-order valence-electron chi connectivity index (χ3n) is 3.08. The molecular formula is C15H14N4OS. The first kappa shape index (κ1) is 13.5. The number of aryl methyl sites for hydroxylation is 1. The number of nitrogens with one attached hydrogen (secondary N) is 2. The zero-order chi connectivity index (χ0) is 14.7. The molecule has 2 N–H and O–H groups in total. The predicted molar refractivity (Wildman–Crippen MR) is 85.1 cm³/mol. The van der Waals surface area contributed by atoms with Gasteiger partial charge in [0.1, 0.15) is 0 Å². The molecule has 1 aromatic carbocycles. The van der Waals surface area contributed by atoms with Crippen LogP contribution in [0.3, 0.4) is 0 Å². The predicted octanol–water partition coefficient (Wildman–Crippen LogP) is 3.20. The Kier molecular flexibility index (Phi) is 3.79. The van der Waals surface area contributed by atoms with Crippen LogP contribution in [0.5, 0.6) is 0 Å². The van der Waals surface area contributed by atoms with E-state index in [0.29, 0.717) is 11.6 Å². The summed E-state index contributed by atoms with van der Waals surface area (Å²) in [4.78, 5) is 15.6. The molecular weight excluding hydrogens is 284 g/mol. The first-order valence-corrected chi connectivity index (χ1v) is 7.51. The molecule has 0 radical (unpaired) electrons. The Labute approximate surface area is 125 Å². The highest BCUT2D eigenvalue weighted by Crippen LogP contribution is 2.19. The van der Waals surface area contributed by atoms with Crippen LogP contribution in [0.4, 0.5) is 11.6 Å². The first-order chi connectivity index (χ1) is 10.3. The quantitative estimate of drug-likeness (QED) is 0.776. The van der Waals surface area contributed by atoms with Crippen molar-refractivity contribution in [3.8, 4) is 10.6 Å². The molecule has 0 unspecified atom stereocenters. The van der Waals surface area contributed by atoms with E-state index in [-0.39, 0.29) is 5.56 Å². The van der Waals surface area contributed by atoms with Gasteiger partial charge in [0.2, 0.25) is 5.95 Å². The molecule has 21 heavy (non-hydrogen) atoms. The fraction of sp³-hybridized carbons (Fsp3) is 0.133. The first-order valence-electron chi connectivity index (χ1n) is 6.63. The second-order valence-electron chi connectivity index (χ2n) is 4.50. The maximum atomic E-state index is 12.0. The van der Waals surface area contributed by atoms with Crippen molar-refractivity contribution < 1.29 is 0 Å². The molecule has 0 bridgehead atoms. The monoisotopic (exact) mass is 298 g/mol. The molecule has 0 spiro atoms. The number of hydrogen-bond acceptors (Lipinski definition) is 5. The molecule has 0 aliphatic carbocycles. The van der Waals surface area contributed by atoms with Crippen LogP contribution < -0.4 is 10.9 Å². The van der Waals surface area contributed by atoms with Crippen LogP contribution in [0.15, 0.2) is 46.6 Å². The summed E-state index contributed by atoms with van der Waals surface area (Å²) >= 11 is 1.46. The maximum absolute atomic E-state index is 12.0. The lowest BCUT2D eigenvalue weighted by Crippen LogP contribution is -2.15. The van der Waals surface area contributed by atoms with E-state index in [1.807, 2.05) is 41.8 Å². The van der Waals surface area contributed by atoms with Crippen LogP contribution in [-0.2, 0) is 6.42 Å². The van der Waals surface area contributed by atoms with Crippen LogP contribution in [0.2, 0.25) is 0 Å². The summed E-state index contributed by atoms with van der Waals surface area (Å²) in [6.45, 7) is 2.11. The van der Waals surface area contributed by atoms with Gasteiger partial charge < -0.3 is 5.32 Å². The lowest BCUT2D eigenvalue weighted by atomic mass is 10.1. The zero-order valence-corrected chi connectivity index (χ0v) is 12.3. The Morgan fingerprint density at radius 2 is 2.00 bits per heavy atom. The number of aromatic amines is 1. The normalized spacial score (nSPS) is 10.5. The summed E-state index contributed by atoms with van der Waals surface area (Å²) in [7, 11) is 0. The van der Waals surface area contributed by atoms with Gasteiger partial charge in [0.25, 0.3) is 5.56 Å². The second-order valence-corrected chi connectivity index (χ2v) is 5.45. The Bertz CT molecular complexity index is 778. The molecule has 0 saturated heterocycles. The highest BCUT2D eigenvalue weighted by atomic mass is 32.1. The number of thiophene rings is 1. The van der Waals surface area contributed by atoms with Gasteiger partial charge in [0, 0.05) is 5.69 Å². The van der Waals surface area contributed by atoms with E-state index in [2.05, 4.69) is 27.4 Å². The fourth-order valence-corrected chi connectivity index (χ4v) is 2.63. The molecule has 2 heterocycles. The van der Waals surface area contributed by atoms with Gasteiger partial charge in [-0.15, -0.1) is 21.5 Å². The van der Waals surface area contributed by atoms with Crippen LogP contribution in [0.25, 0.3) is 10.6 Å². The average Bonchev–Trinajstić information content (AvgIpc) is 3.02. The fourth-order valence-electron chi connectivity index (χ4n) is 1.93. The van der Waals surface area contributed by atoms with Crippen LogP contribution in [0.1, 0.15) is 12.5 Å². The highest BCUT2D eigenvalue weighted by molar-refractivity contribution is 7.13. The molecule has 0 fully saturated rings. The SMILES string of the molecule is CCc1ccc(Nc2nnc(-c3cccs3)c(=O)[nH]2)cc1. The van der Waals surface area contributed by atoms with Gasteiger partial charge in [0.15, 0.2) is 5.69 Å². The van der Waals surface area contributed by atoms with E-state index in [4.69, 9.17) is 0 Å². The minimum atomic E-state index is -0.250. The molecule has 2 aromatic heterocycles. The molecule has 0 aliphatic rings. The van der Waals surface area contributed by atoms with Gasteiger partial charge in [-0.25, -0.2) is 0 Å². The van der Waals surface area contributed by atoms with E-state index >= 15 is 0 Å². The van der Waals surface area contributed by atoms with Crippen molar-refractivity contribution in [1.82, 2.24) is 15.2 Å².